The van der Waals surface area contributed by atoms with Crippen molar-refractivity contribution in [2.75, 3.05) is 5.32 Å². The molecule has 6 heteroatoms. The van der Waals surface area contributed by atoms with Crippen molar-refractivity contribution in [1.82, 2.24) is 0 Å². The Bertz CT molecular complexity index is 932. The van der Waals surface area contributed by atoms with Gasteiger partial charge in [-0.2, -0.15) is 0 Å². The molecule has 0 fully saturated rings. The Balaban J connectivity index is 1.73. The molecule has 0 aliphatic rings. The Labute approximate surface area is 167 Å². The number of halogens is 2. The largest absolute Gasteiger partial charge is 0.481 e. The summed E-state index contributed by atoms with van der Waals surface area (Å²) < 4.78 is 11.5. The molecule has 0 saturated carbocycles. The van der Waals surface area contributed by atoms with Gasteiger partial charge in [0.1, 0.15) is 11.5 Å². The van der Waals surface area contributed by atoms with Gasteiger partial charge in [0.15, 0.2) is 11.9 Å². The molecule has 138 valence electrons. The summed E-state index contributed by atoms with van der Waals surface area (Å²) in [6.45, 7) is 1.65. The zero-order chi connectivity index (χ0) is 19.2. The molecule has 0 heterocycles. The Hall–Kier alpha value is -2.69. The van der Waals surface area contributed by atoms with E-state index in [0.29, 0.717) is 33.0 Å². The Morgan fingerprint density at radius 2 is 1.59 bits per heavy atom. The van der Waals surface area contributed by atoms with Crippen molar-refractivity contribution in [3.63, 3.8) is 0 Å². The molecule has 0 saturated heterocycles. The van der Waals surface area contributed by atoms with Gasteiger partial charge in [-0.25, -0.2) is 0 Å². The average Bonchev–Trinajstić information content (AvgIpc) is 2.65. The lowest BCUT2D eigenvalue weighted by molar-refractivity contribution is -0.122. The molecule has 1 atom stereocenters. The van der Waals surface area contributed by atoms with Crippen LogP contribution in [0.25, 0.3) is 0 Å². The fourth-order valence-electron chi connectivity index (χ4n) is 2.34. The van der Waals surface area contributed by atoms with Gasteiger partial charge in [0.05, 0.1) is 5.69 Å². The molecule has 1 amide bonds. The molecule has 0 spiro atoms. The summed E-state index contributed by atoms with van der Waals surface area (Å²) in [5, 5.41) is 3.82. The van der Waals surface area contributed by atoms with Crippen LogP contribution in [0.2, 0.25) is 10.0 Å². The summed E-state index contributed by atoms with van der Waals surface area (Å²) >= 11 is 12.0. The van der Waals surface area contributed by atoms with Gasteiger partial charge >= 0.3 is 0 Å². The summed E-state index contributed by atoms with van der Waals surface area (Å²) in [6, 6.07) is 21.2. The van der Waals surface area contributed by atoms with Crippen LogP contribution in [0.15, 0.2) is 72.8 Å². The highest BCUT2D eigenvalue weighted by molar-refractivity contribution is 6.31. The predicted molar refractivity (Wildman–Crippen MR) is 108 cm³/mol. The van der Waals surface area contributed by atoms with E-state index in [2.05, 4.69) is 5.32 Å². The first-order valence-corrected chi connectivity index (χ1v) is 9.02. The number of rotatable bonds is 6. The highest BCUT2D eigenvalue weighted by atomic mass is 35.5. The number of hydrogen-bond acceptors (Lipinski definition) is 3. The van der Waals surface area contributed by atoms with Crippen LogP contribution in [0.1, 0.15) is 6.92 Å². The average molecular weight is 402 g/mol. The number of carbonyl (C=O) groups excluding carboxylic acids is 1. The topological polar surface area (TPSA) is 47.6 Å². The third kappa shape index (κ3) is 5.39. The van der Waals surface area contributed by atoms with Gasteiger partial charge in [-0.15, -0.1) is 0 Å². The van der Waals surface area contributed by atoms with Crippen molar-refractivity contribution in [2.45, 2.75) is 13.0 Å². The number of para-hydroxylation sites is 1. The number of hydrogen-bond donors (Lipinski definition) is 1. The van der Waals surface area contributed by atoms with Crippen molar-refractivity contribution >= 4 is 34.8 Å². The van der Waals surface area contributed by atoms with Crippen molar-refractivity contribution in [3.8, 4) is 17.2 Å². The van der Waals surface area contributed by atoms with Crippen LogP contribution in [-0.2, 0) is 4.79 Å². The minimum absolute atomic E-state index is 0.338. The van der Waals surface area contributed by atoms with Crippen LogP contribution in [0.3, 0.4) is 0 Å². The van der Waals surface area contributed by atoms with E-state index in [1.165, 1.54) is 0 Å². The van der Waals surface area contributed by atoms with E-state index in [0.717, 1.165) is 0 Å². The van der Waals surface area contributed by atoms with E-state index in [1.54, 1.807) is 49.4 Å². The van der Waals surface area contributed by atoms with Crippen molar-refractivity contribution < 1.29 is 14.3 Å². The SMILES string of the molecule is C[C@@H](Oc1cccc(Cl)c1)C(=O)Nc1cc(Cl)ccc1Oc1ccccc1. The first-order valence-electron chi connectivity index (χ1n) is 8.27. The van der Waals surface area contributed by atoms with E-state index in [1.807, 2.05) is 30.3 Å². The van der Waals surface area contributed by atoms with Gasteiger partial charge in [0.2, 0.25) is 0 Å². The van der Waals surface area contributed by atoms with Crippen LogP contribution < -0.4 is 14.8 Å². The normalized spacial score (nSPS) is 11.5. The fourth-order valence-corrected chi connectivity index (χ4v) is 2.69. The highest BCUT2D eigenvalue weighted by Crippen LogP contribution is 2.32. The minimum atomic E-state index is -0.743. The van der Waals surface area contributed by atoms with Crippen LogP contribution in [0, 0.1) is 0 Å². The van der Waals surface area contributed by atoms with Gasteiger partial charge in [-0.1, -0.05) is 47.5 Å². The molecular weight excluding hydrogens is 385 g/mol. The first kappa shape index (κ1) is 19.1. The van der Waals surface area contributed by atoms with Crippen LogP contribution >= 0.6 is 23.2 Å². The molecule has 0 bridgehead atoms. The highest BCUT2D eigenvalue weighted by Gasteiger charge is 2.17. The zero-order valence-electron chi connectivity index (χ0n) is 14.5. The molecule has 0 aliphatic heterocycles. The monoisotopic (exact) mass is 401 g/mol. The van der Waals surface area contributed by atoms with Crippen LogP contribution in [0.5, 0.6) is 17.2 Å². The quantitative estimate of drug-likeness (QED) is 0.535. The lowest BCUT2D eigenvalue weighted by Gasteiger charge is -2.17. The summed E-state index contributed by atoms with van der Waals surface area (Å²) in [4.78, 5) is 12.5. The maximum atomic E-state index is 12.5. The lowest BCUT2D eigenvalue weighted by Crippen LogP contribution is -2.30. The maximum absolute atomic E-state index is 12.5. The number of amides is 1. The van der Waals surface area contributed by atoms with E-state index < -0.39 is 6.10 Å². The molecular formula is C21H17Cl2NO3. The molecule has 27 heavy (non-hydrogen) atoms. The van der Waals surface area contributed by atoms with E-state index in [-0.39, 0.29) is 5.91 Å². The number of benzene rings is 3. The van der Waals surface area contributed by atoms with Gasteiger partial charge in [-0.05, 0) is 55.5 Å². The van der Waals surface area contributed by atoms with Gasteiger partial charge in [0, 0.05) is 10.0 Å². The van der Waals surface area contributed by atoms with Crippen LogP contribution in [0.4, 0.5) is 5.69 Å². The smallest absolute Gasteiger partial charge is 0.265 e. The third-order valence-corrected chi connectivity index (χ3v) is 4.12. The molecule has 3 rings (SSSR count). The summed E-state index contributed by atoms with van der Waals surface area (Å²) in [5.74, 6) is 1.31. The summed E-state index contributed by atoms with van der Waals surface area (Å²) in [5.41, 5.74) is 0.456. The Morgan fingerprint density at radius 3 is 2.33 bits per heavy atom. The molecule has 0 radical (unpaired) electrons. The molecule has 3 aromatic rings. The third-order valence-electron chi connectivity index (χ3n) is 3.65. The standard InChI is InChI=1S/C21H17Cl2NO3/c1-14(26-18-9-5-6-15(22)12-18)21(25)24-19-13-16(23)10-11-20(19)27-17-7-3-2-4-8-17/h2-14H,1H3,(H,24,25)/t14-/m1/s1. The van der Waals surface area contributed by atoms with Crippen molar-refractivity contribution in [1.29, 1.82) is 0 Å². The second-order valence-electron chi connectivity index (χ2n) is 5.76. The van der Waals surface area contributed by atoms with Gasteiger partial charge < -0.3 is 14.8 Å². The molecule has 0 aliphatic carbocycles. The number of ether oxygens (including phenoxy) is 2. The van der Waals surface area contributed by atoms with E-state index in [4.69, 9.17) is 32.7 Å². The second-order valence-corrected chi connectivity index (χ2v) is 6.64. The summed E-state index contributed by atoms with van der Waals surface area (Å²) in [7, 11) is 0. The molecule has 0 aromatic heterocycles. The Morgan fingerprint density at radius 1 is 0.889 bits per heavy atom. The zero-order valence-corrected chi connectivity index (χ0v) is 16.0. The van der Waals surface area contributed by atoms with Gasteiger partial charge in [-0.3, -0.25) is 4.79 Å². The lowest BCUT2D eigenvalue weighted by atomic mass is 10.2. The van der Waals surface area contributed by atoms with Crippen LogP contribution in [-0.4, -0.2) is 12.0 Å². The Kier molecular flexibility index (Phi) is 6.22. The predicted octanol–water partition coefficient (Wildman–Crippen LogP) is 6.19. The summed E-state index contributed by atoms with van der Waals surface area (Å²) in [6.07, 6.45) is -0.743. The van der Waals surface area contributed by atoms with E-state index >= 15 is 0 Å². The maximum Gasteiger partial charge on any atom is 0.265 e. The first-order chi connectivity index (χ1) is 13.0. The van der Waals surface area contributed by atoms with Gasteiger partial charge in [0.25, 0.3) is 5.91 Å². The fraction of sp³-hybridized carbons (Fsp3) is 0.0952. The van der Waals surface area contributed by atoms with Crippen molar-refractivity contribution in [2.24, 2.45) is 0 Å². The molecule has 4 nitrogen and oxygen atoms in total. The number of anilines is 1. The molecule has 1 N–H and O–H groups in total. The number of nitrogens with one attached hydrogen (secondary N) is 1. The minimum Gasteiger partial charge on any atom is -0.481 e. The van der Waals surface area contributed by atoms with E-state index in [9.17, 15) is 4.79 Å². The molecule has 3 aromatic carbocycles. The number of carbonyl (C=O) groups is 1. The second kappa shape index (κ2) is 8.80. The van der Waals surface area contributed by atoms with Crippen molar-refractivity contribution in [3.05, 3.63) is 82.8 Å². The molecule has 0 unspecified atom stereocenters.